The first-order valence-electron chi connectivity index (χ1n) is 7.15. The molecule has 0 saturated heterocycles. The Bertz CT molecular complexity index is 785. The number of nitrogen functional groups attached to an aromatic ring is 1. The number of nitrogens with zero attached hydrogens (tertiary/aromatic N) is 2. The molecule has 1 aromatic heterocycles. The lowest BCUT2D eigenvalue weighted by Gasteiger charge is -2.09. The number of fused-ring (bicyclic) bond motifs is 1. The molecule has 1 aliphatic rings. The molecule has 2 unspecified atom stereocenters. The van der Waals surface area contributed by atoms with Gasteiger partial charge in [-0.2, -0.15) is 4.98 Å². The van der Waals surface area contributed by atoms with Crippen LogP contribution >= 0.6 is 0 Å². The summed E-state index contributed by atoms with van der Waals surface area (Å²) in [5.74, 6) is 1.70. The van der Waals surface area contributed by atoms with Crippen LogP contribution in [0.15, 0.2) is 54.6 Å². The minimum absolute atomic E-state index is 0.313. The molecule has 0 spiro atoms. The molecule has 3 aromatic rings. The Balaban J connectivity index is 1.62. The quantitative estimate of drug-likeness (QED) is 0.771. The van der Waals surface area contributed by atoms with Crippen LogP contribution in [0.2, 0.25) is 0 Å². The van der Waals surface area contributed by atoms with Crippen molar-refractivity contribution in [3.05, 3.63) is 60.2 Å². The third-order valence-corrected chi connectivity index (χ3v) is 3.96. The molecular formula is C17H16N4. The van der Waals surface area contributed by atoms with Gasteiger partial charge < -0.3 is 11.1 Å². The molecule has 21 heavy (non-hydrogen) atoms. The van der Waals surface area contributed by atoms with Gasteiger partial charge in [-0.25, -0.2) is 4.98 Å². The molecule has 1 aliphatic carbocycles. The molecule has 3 N–H and O–H groups in total. The fourth-order valence-corrected chi connectivity index (χ4v) is 2.80. The predicted octanol–water partition coefficient (Wildman–Crippen LogP) is 3.18. The molecule has 4 rings (SSSR count). The lowest BCUT2D eigenvalue weighted by atomic mass is 10.1. The Morgan fingerprint density at radius 3 is 2.57 bits per heavy atom. The minimum Gasteiger partial charge on any atom is -0.368 e. The van der Waals surface area contributed by atoms with Crippen LogP contribution in [-0.2, 0) is 0 Å². The standard InChI is InChI=1S/C17H16N4/c18-17-20-14-9-5-4-8-12(14)16(21-17)19-15-10-13(15)11-6-2-1-3-7-11/h1-9,13,15H,10H2,(H3,18,19,20,21). The Morgan fingerprint density at radius 1 is 0.952 bits per heavy atom. The average Bonchev–Trinajstić information content (AvgIpc) is 3.27. The van der Waals surface area contributed by atoms with E-state index < -0.39 is 0 Å². The van der Waals surface area contributed by atoms with E-state index in [9.17, 15) is 0 Å². The van der Waals surface area contributed by atoms with E-state index in [0.29, 0.717) is 17.9 Å². The fourth-order valence-electron chi connectivity index (χ4n) is 2.80. The molecule has 104 valence electrons. The zero-order chi connectivity index (χ0) is 14.2. The monoisotopic (exact) mass is 276 g/mol. The lowest BCUT2D eigenvalue weighted by molar-refractivity contribution is 1.03. The highest BCUT2D eigenvalue weighted by atomic mass is 15.1. The van der Waals surface area contributed by atoms with Crippen LogP contribution in [0.3, 0.4) is 0 Å². The van der Waals surface area contributed by atoms with Crippen LogP contribution in [0.25, 0.3) is 10.9 Å². The van der Waals surface area contributed by atoms with Crippen molar-refractivity contribution in [2.45, 2.75) is 18.4 Å². The van der Waals surface area contributed by atoms with Crippen LogP contribution in [0.1, 0.15) is 17.9 Å². The van der Waals surface area contributed by atoms with E-state index in [4.69, 9.17) is 5.73 Å². The van der Waals surface area contributed by atoms with Crippen LogP contribution in [0.5, 0.6) is 0 Å². The fraction of sp³-hybridized carbons (Fsp3) is 0.176. The van der Waals surface area contributed by atoms with Crippen LogP contribution in [0, 0.1) is 0 Å². The van der Waals surface area contributed by atoms with Gasteiger partial charge in [0.05, 0.1) is 5.52 Å². The summed E-state index contributed by atoms with van der Waals surface area (Å²) in [6.45, 7) is 0. The van der Waals surface area contributed by atoms with Crippen molar-refractivity contribution in [2.75, 3.05) is 11.1 Å². The second-order valence-corrected chi connectivity index (χ2v) is 5.45. The molecule has 0 bridgehead atoms. The maximum absolute atomic E-state index is 5.80. The highest BCUT2D eigenvalue weighted by molar-refractivity contribution is 5.90. The second-order valence-electron chi connectivity index (χ2n) is 5.45. The van der Waals surface area contributed by atoms with Crippen molar-refractivity contribution in [1.82, 2.24) is 9.97 Å². The summed E-state index contributed by atoms with van der Waals surface area (Å²) in [5, 5.41) is 4.54. The summed E-state index contributed by atoms with van der Waals surface area (Å²) in [6, 6.07) is 18.9. The normalized spacial score (nSPS) is 20.4. The molecule has 0 radical (unpaired) electrons. The second kappa shape index (κ2) is 4.74. The van der Waals surface area contributed by atoms with Gasteiger partial charge in [0.2, 0.25) is 5.95 Å². The summed E-state index contributed by atoms with van der Waals surface area (Å²) in [7, 11) is 0. The van der Waals surface area contributed by atoms with Crippen molar-refractivity contribution >= 4 is 22.7 Å². The van der Waals surface area contributed by atoms with E-state index in [0.717, 1.165) is 23.1 Å². The van der Waals surface area contributed by atoms with Gasteiger partial charge in [-0.1, -0.05) is 42.5 Å². The Hall–Kier alpha value is -2.62. The van der Waals surface area contributed by atoms with Crippen molar-refractivity contribution in [3.63, 3.8) is 0 Å². The highest BCUT2D eigenvalue weighted by Crippen LogP contribution is 2.43. The molecule has 1 saturated carbocycles. The first kappa shape index (κ1) is 12.1. The van der Waals surface area contributed by atoms with E-state index in [1.807, 2.05) is 30.3 Å². The molecule has 2 atom stereocenters. The van der Waals surface area contributed by atoms with Crippen LogP contribution < -0.4 is 11.1 Å². The minimum atomic E-state index is 0.313. The van der Waals surface area contributed by atoms with Gasteiger partial charge in [0.1, 0.15) is 5.82 Å². The van der Waals surface area contributed by atoms with E-state index in [-0.39, 0.29) is 0 Å². The number of hydrogen-bond acceptors (Lipinski definition) is 4. The number of para-hydroxylation sites is 1. The maximum Gasteiger partial charge on any atom is 0.222 e. The van der Waals surface area contributed by atoms with E-state index in [1.54, 1.807) is 0 Å². The van der Waals surface area contributed by atoms with Gasteiger partial charge >= 0.3 is 0 Å². The highest BCUT2D eigenvalue weighted by Gasteiger charge is 2.38. The van der Waals surface area contributed by atoms with Crippen LogP contribution in [0.4, 0.5) is 11.8 Å². The number of benzene rings is 2. The maximum atomic E-state index is 5.80. The third kappa shape index (κ3) is 2.29. The van der Waals surface area contributed by atoms with Gasteiger partial charge in [0.15, 0.2) is 0 Å². The van der Waals surface area contributed by atoms with Crippen molar-refractivity contribution in [1.29, 1.82) is 0 Å². The zero-order valence-corrected chi connectivity index (χ0v) is 11.5. The van der Waals surface area contributed by atoms with Crippen molar-refractivity contribution < 1.29 is 0 Å². The molecule has 0 amide bonds. The van der Waals surface area contributed by atoms with Gasteiger partial charge in [-0.3, -0.25) is 0 Å². The first-order chi connectivity index (χ1) is 10.3. The van der Waals surface area contributed by atoms with Gasteiger partial charge in [0.25, 0.3) is 0 Å². The summed E-state index contributed by atoms with van der Waals surface area (Å²) in [5.41, 5.74) is 8.06. The van der Waals surface area contributed by atoms with E-state index >= 15 is 0 Å². The Labute approximate surface area is 123 Å². The molecule has 1 heterocycles. The van der Waals surface area contributed by atoms with Gasteiger partial charge in [-0.15, -0.1) is 0 Å². The summed E-state index contributed by atoms with van der Waals surface area (Å²) >= 11 is 0. The zero-order valence-electron chi connectivity index (χ0n) is 11.5. The number of hydrogen-bond donors (Lipinski definition) is 2. The van der Waals surface area contributed by atoms with Gasteiger partial charge in [0, 0.05) is 17.3 Å². The van der Waals surface area contributed by atoms with Gasteiger partial charge in [-0.05, 0) is 24.1 Å². The summed E-state index contributed by atoms with van der Waals surface area (Å²) in [6.07, 6.45) is 1.13. The molecule has 4 nitrogen and oxygen atoms in total. The number of aromatic nitrogens is 2. The van der Waals surface area contributed by atoms with E-state index in [2.05, 4.69) is 39.6 Å². The topological polar surface area (TPSA) is 63.8 Å². The average molecular weight is 276 g/mol. The SMILES string of the molecule is Nc1nc(NC2CC2c2ccccc2)c2ccccc2n1. The number of anilines is 2. The summed E-state index contributed by atoms with van der Waals surface area (Å²) in [4.78, 5) is 8.63. The first-order valence-corrected chi connectivity index (χ1v) is 7.15. The molecule has 0 aliphatic heterocycles. The van der Waals surface area contributed by atoms with Crippen molar-refractivity contribution in [2.24, 2.45) is 0 Å². The van der Waals surface area contributed by atoms with Crippen molar-refractivity contribution in [3.8, 4) is 0 Å². The van der Waals surface area contributed by atoms with Crippen LogP contribution in [-0.4, -0.2) is 16.0 Å². The number of nitrogens with one attached hydrogen (secondary N) is 1. The largest absolute Gasteiger partial charge is 0.368 e. The third-order valence-electron chi connectivity index (χ3n) is 3.96. The molecule has 1 fully saturated rings. The molecular weight excluding hydrogens is 260 g/mol. The smallest absolute Gasteiger partial charge is 0.222 e. The Kier molecular flexibility index (Phi) is 2.74. The lowest BCUT2D eigenvalue weighted by Crippen LogP contribution is -2.08. The molecule has 2 aromatic carbocycles. The Morgan fingerprint density at radius 2 is 1.71 bits per heavy atom. The predicted molar refractivity (Wildman–Crippen MR) is 85.2 cm³/mol. The molecule has 4 heteroatoms. The number of nitrogens with two attached hydrogens (primary N) is 1. The van der Waals surface area contributed by atoms with E-state index in [1.165, 1.54) is 5.56 Å². The number of rotatable bonds is 3. The summed E-state index contributed by atoms with van der Waals surface area (Å²) < 4.78 is 0.